The van der Waals surface area contributed by atoms with E-state index >= 15 is 0 Å². The van der Waals surface area contributed by atoms with Gasteiger partial charge in [0.05, 0.1) is 6.54 Å². The van der Waals surface area contributed by atoms with E-state index in [1.54, 1.807) is 0 Å². The van der Waals surface area contributed by atoms with Crippen molar-refractivity contribution in [2.24, 2.45) is 0 Å². The first-order valence-electron chi connectivity index (χ1n) is 3.73. The van der Waals surface area contributed by atoms with E-state index < -0.39 is 17.5 Å². The van der Waals surface area contributed by atoms with Crippen LogP contribution in [0.5, 0.6) is 0 Å². The van der Waals surface area contributed by atoms with E-state index in [9.17, 15) is 9.59 Å². The molecule has 74 valence electrons. The molecule has 0 rings (SSSR count). The van der Waals surface area contributed by atoms with Crippen molar-refractivity contribution in [3.8, 4) is 0 Å². The molecule has 1 atom stereocenters. The minimum absolute atomic E-state index is 0.176. The number of carboxylic acids is 2. The summed E-state index contributed by atoms with van der Waals surface area (Å²) in [7, 11) is 0. The Morgan fingerprint density at radius 3 is 2.38 bits per heavy atom. The average molecular weight is 187 g/mol. The molecule has 3 N–H and O–H groups in total. The molecule has 0 fully saturated rings. The van der Waals surface area contributed by atoms with E-state index in [2.05, 4.69) is 11.9 Å². The van der Waals surface area contributed by atoms with Crippen LogP contribution in [-0.2, 0) is 9.59 Å². The highest BCUT2D eigenvalue weighted by Gasteiger charge is 2.31. The zero-order valence-corrected chi connectivity index (χ0v) is 7.41. The predicted molar refractivity (Wildman–Crippen MR) is 46.5 cm³/mol. The van der Waals surface area contributed by atoms with Crippen molar-refractivity contribution in [1.82, 2.24) is 5.32 Å². The van der Waals surface area contributed by atoms with Gasteiger partial charge in [-0.3, -0.25) is 14.9 Å². The first kappa shape index (κ1) is 11.6. The van der Waals surface area contributed by atoms with E-state index in [4.69, 9.17) is 10.2 Å². The molecule has 5 nitrogen and oxygen atoms in total. The Balaban J connectivity index is 4.32. The highest BCUT2D eigenvalue weighted by atomic mass is 16.4. The van der Waals surface area contributed by atoms with Gasteiger partial charge in [0.15, 0.2) is 0 Å². The molecule has 5 heteroatoms. The second kappa shape index (κ2) is 4.61. The molecule has 0 aromatic heterocycles. The first-order valence-corrected chi connectivity index (χ1v) is 3.73. The fourth-order valence-corrected chi connectivity index (χ4v) is 0.794. The van der Waals surface area contributed by atoms with Gasteiger partial charge in [-0.1, -0.05) is 6.08 Å². The van der Waals surface area contributed by atoms with Gasteiger partial charge in [0.1, 0.15) is 5.54 Å². The molecule has 0 aromatic rings. The highest BCUT2D eigenvalue weighted by molar-refractivity contribution is 5.79. The molecule has 0 aromatic carbocycles. The maximum Gasteiger partial charge on any atom is 0.323 e. The number of carboxylic acid groups (broad SMARTS) is 2. The lowest BCUT2D eigenvalue weighted by atomic mass is 9.98. The predicted octanol–water partition coefficient (Wildman–Crippen LogP) is 0.0800. The van der Waals surface area contributed by atoms with E-state index in [0.717, 1.165) is 0 Å². The standard InChI is InChI=1S/C8H13NO4/c1-3-4-8(2,7(12)13)9-5-6(10)11/h3,9H,1,4-5H2,2H3,(H,10,11)(H,12,13). The van der Waals surface area contributed by atoms with Gasteiger partial charge in [0.25, 0.3) is 0 Å². The van der Waals surface area contributed by atoms with Gasteiger partial charge in [-0.05, 0) is 13.3 Å². The van der Waals surface area contributed by atoms with Crippen molar-refractivity contribution in [2.45, 2.75) is 18.9 Å². The minimum Gasteiger partial charge on any atom is -0.480 e. The number of hydrogen-bond acceptors (Lipinski definition) is 3. The quantitative estimate of drug-likeness (QED) is 0.512. The molecule has 0 saturated carbocycles. The smallest absolute Gasteiger partial charge is 0.323 e. The monoisotopic (exact) mass is 187 g/mol. The lowest BCUT2D eigenvalue weighted by Crippen LogP contribution is -2.50. The van der Waals surface area contributed by atoms with Gasteiger partial charge < -0.3 is 10.2 Å². The SMILES string of the molecule is C=CCC(C)(NCC(=O)O)C(=O)O. The Morgan fingerprint density at radius 1 is 1.54 bits per heavy atom. The van der Waals surface area contributed by atoms with Crippen molar-refractivity contribution < 1.29 is 19.8 Å². The molecule has 0 aliphatic carbocycles. The van der Waals surface area contributed by atoms with Crippen LogP contribution in [-0.4, -0.2) is 34.2 Å². The fourth-order valence-electron chi connectivity index (χ4n) is 0.794. The Labute approximate surface area is 76.1 Å². The van der Waals surface area contributed by atoms with Gasteiger partial charge in [-0.25, -0.2) is 0 Å². The van der Waals surface area contributed by atoms with Gasteiger partial charge in [-0.2, -0.15) is 0 Å². The van der Waals surface area contributed by atoms with E-state index in [0.29, 0.717) is 0 Å². The second-order valence-corrected chi connectivity index (χ2v) is 2.88. The zero-order valence-electron chi connectivity index (χ0n) is 7.41. The van der Waals surface area contributed by atoms with Crippen molar-refractivity contribution in [2.75, 3.05) is 6.54 Å². The van der Waals surface area contributed by atoms with Crippen molar-refractivity contribution in [3.63, 3.8) is 0 Å². The summed E-state index contributed by atoms with van der Waals surface area (Å²) in [5, 5.41) is 19.5. The summed E-state index contributed by atoms with van der Waals surface area (Å²) in [6.07, 6.45) is 1.61. The summed E-state index contributed by atoms with van der Waals surface area (Å²) < 4.78 is 0. The first-order chi connectivity index (χ1) is 5.92. The fraction of sp³-hybridized carbons (Fsp3) is 0.500. The van der Waals surface area contributed by atoms with Crippen LogP contribution in [0.25, 0.3) is 0 Å². The highest BCUT2D eigenvalue weighted by Crippen LogP contribution is 2.09. The second-order valence-electron chi connectivity index (χ2n) is 2.88. The minimum atomic E-state index is -1.25. The Hall–Kier alpha value is -1.36. The lowest BCUT2D eigenvalue weighted by molar-refractivity contribution is -0.144. The van der Waals surface area contributed by atoms with Crippen LogP contribution in [0.2, 0.25) is 0 Å². The molecular weight excluding hydrogens is 174 g/mol. The van der Waals surface area contributed by atoms with Gasteiger partial charge in [0.2, 0.25) is 0 Å². The average Bonchev–Trinajstić information content (AvgIpc) is 2.01. The number of aliphatic carboxylic acids is 2. The molecule has 0 saturated heterocycles. The van der Waals surface area contributed by atoms with Gasteiger partial charge in [-0.15, -0.1) is 6.58 Å². The number of hydrogen-bond donors (Lipinski definition) is 3. The molecule has 0 radical (unpaired) electrons. The number of rotatable bonds is 6. The maximum absolute atomic E-state index is 10.7. The molecule has 0 amide bonds. The van der Waals surface area contributed by atoms with Crippen LogP contribution in [0.4, 0.5) is 0 Å². The summed E-state index contributed by atoms with van der Waals surface area (Å²) in [6, 6.07) is 0. The summed E-state index contributed by atoms with van der Waals surface area (Å²) in [5.41, 5.74) is -1.25. The Bertz CT molecular complexity index is 226. The van der Waals surface area contributed by atoms with Gasteiger partial charge >= 0.3 is 11.9 Å². The molecule has 0 aliphatic rings. The van der Waals surface area contributed by atoms with Crippen molar-refractivity contribution in [1.29, 1.82) is 0 Å². The Kier molecular flexibility index (Phi) is 4.13. The van der Waals surface area contributed by atoms with Gasteiger partial charge in [0, 0.05) is 0 Å². The lowest BCUT2D eigenvalue weighted by Gasteiger charge is -2.23. The molecule has 0 bridgehead atoms. The molecule has 0 spiro atoms. The number of carbonyl (C=O) groups is 2. The van der Waals surface area contributed by atoms with Crippen LogP contribution in [0, 0.1) is 0 Å². The van der Waals surface area contributed by atoms with E-state index in [-0.39, 0.29) is 13.0 Å². The van der Waals surface area contributed by atoms with Crippen LogP contribution in [0.3, 0.4) is 0 Å². The van der Waals surface area contributed by atoms with Crippen LogP contribution >= 0.6 is 0 Å². The molecule has 13 heavy (non-hydrogen) atoms. The third-order valence-electron chi connectivity index (χ3n) is 1.65. The normalized spacial score (nSPS) is 14.5. The molecule has 0 aliphatic heterocycles. The third-order valence-corrected chi connectivity index (χ3v) is 1.65. The summed E-state index contributed by atoms with van der Waals surface area (Å²) in [6.45, 7) is 4.44. The summed E-state index contributed by atoms with van der Waals surface area (Å²) in [4.78, 5) is 20.9. The largest absolute Gasteiger partial charge is 0.480 e. The molecule has 1 unspecified atom stereocenters. The van der Waals surface area contributed by atoms with Crippen LogP contribution in [0.1, 0.15) is 13.3 Å². The topological polar surface area (TPSA) is 86.6 Å². The zero-order chi connectivity index (χ0) is 10.5. The number of nitrogens with one attached hydrogen (secondary N) is 1. The van der Waals surface area contributed by atoms with Crippen LogP contribution in [0.15, 0.2) is 12.7 Å². The van der Waals surface area contributed by atoms with E-state index in [1.165, 1.54) is 13.0 Å². The van der Waals surface area contributed by atoms with Crippen LogP contribution < -0.4 is 5.32 Å². The maximum atomic E-state index is 10.7. The molecular formula is C8H13NO4. The molecule has 0 heterocycles. The van der Waals surface area contributed by atoms with Crippen molar-refractivity contribution >= 4 is 11.9 Å². The summed E-state index contributed by atoms with van der Waals surface area (Å²) >= 11 is 0. The third kappa shape index (κ3) is 3.71. The Morgan fingerprint density at radius 2 is 2.08 bits per heavy atom. The van der Waals surface area contributed by atoms with E-state index in [1.807, 2.05) is 0 Å². The summed E-state index contributed by atoms with van der Waals surface area (Å²) in [5.74, 6) is -2.18. The van der Waals surface area contributed by atoms with Crippen molar-refractivity contribution in [3.05, 3.63) is 12.7 Å².